The normalized spacial score (nSPS) is 10.9. The quantitative estimate of drug-likeness (QED) is 0.137. The third kappa shape index (κ3) is 10.4. The molecule has 1 heterocycles. The van der Waals surface area contributed by atoms with Crippen LogP contribution < -0.4 is 4.74 Å². The van der Waals surface area contributed by atoms with E-state index in [9.17, 15) is 4.79 Å². The number of esters is 1. The monoisotopic (exact) mass is 502 g/mol. The van der Waals surface area contributed by atoms with Gasteiger partial charge in [-0.15, -0.1) is 0 Å². The zero-order valence-corrected chi connectivity index (χ0v) is 22.6. The zero-order valence-electron chi connectivity index (χ0n) is 22.6. The number of benzene rings is 2. The maximum Gasteiger partial charge on any atom is 0.338 e. The summed E-state index contributed by atoms with van der Waals surface area (Å²) in [6, 6.07) is 15.3. The van der Waals surface area contributed by atoms with Crippen LogP contribution in [0.25, 0.3) is 11.4 Å². The number of unbranched alkanes of at least 4 members (excludes halogenated alkanes) is 8. The summed E-state index contributed by atoms with van der Waals surface area (Å²) >= 11 is 0. The first-order chi connectivity index (χ1) is 18.2. The van der Waals surface area contributed by atoms with Crippen molar-refractivity contribution in [2.24, 2.45) is 0 Å². The first-order valence-electron chi connectivity index (χ1n) is 14.0. The third-order valence-corrected chi connectivity index (χ3v) is 6.46. The number of aryl methyl sites for hydroxylation is 1. The van der Waals surface area contributed by atoms with E-state index in [2.05, 4.69) is 23.8 Å². The lowest BCUT2D eigenvalue weighted by atomic mass is 10.1. The summed E-state index contributed by atoms with van der Waals surface area (Å²) in [5.41, 5.74) is 3.73. The number of hydrogen-bond acceptors (Lipinski definition) is 5. The van der Waals surface area contributed by atoms with E-state index >= 15 is 0 Å². The van der Waals surface area contributed by atoms with Crippen molar-refractivity contribution in [3.63, 3.8) is 0 Å². The van der Waals surface area contributed by atoms with Crippen LogP contribution in [0, 0.1) is 0 Å². The SMILES string of the molecule is CCCCCCCCOC(=O)c1ccc(COc2ccc(-c3ncc(CCCCCC)cn3)cc2)cc1. The molecule has 3 aromatic rings. The average Bonchev–Trinajstić information content (AvgIpc) is 2.94. The van der Waals surface area contributed by atoms with Crippen molar-refractivity contribution < 1.29 is 14.3 Å². The van der Waals surface area contributed by atoms with Crippen molar-refractivity contribution in [3.8, 4) is 17.1 Å². The molecule has 0 aliphatic carbocycles. The number of carbonyl (C=O) groups is 1. The summed E-state index contributed by atoms with van der Waals surface area (Å²) in [6.45, 7) is 5.35. The van der Waals surface area contributed by atoms with E-state index in [0.717, 1.165) is 42.0 Å². The lowest BCUT2D eigenvalue weighted by Crippen LogP contribution is -2.06. The van der Waals surface area contributed by atoms with Crippen molar-refractivity contribution in [1.29, 1.82) is 0 Å². The maximum absolute atomic E-state index is 12.2. The summed E-state index contributed by atoms with van der Waals surface area (Å²) in [5.74, 6) is 1.24. The molecule has 0 amide bonds. The van der Waals surface area contributed by atoms with Crippen LogP contribution in [0.15, 0.2) is 60.9 Å². The number of rotatable bonds is 17. The third-order valence-electron chi connectivity index (χ3n) is 6.46. The van der Waals surface area contributed by atoms with Crippen molar-refractivity contribution in [3.05, 3.63) is 77.6 Å². The van der Waals surface area contributed by atoms with Crippen LogP contribution in [0.4, 0.5) is 0 Å². The van der Waals surface area contributed by atoms with Gasteiger partial charge >= 0.3 is 5.97 Å². The van der Waals surface area contributed by atoms with Gasteiger partial charge in [-0.2, -0.15) is 0 Å². The number of carbonyl (C=O) groups excluding carboxylic acids is 1. The Kier molecular flexibility index (Phi) is 12.7. The molecule has 1 aromatic heterocycles. The fourth-order valence-corrected chi connectivity index (χ4v) is 4.12. The topological polar surface area (TPSA) is 61.3 Å². The predicted molar refractivity (Wildman–Crippen MR) is 150 cm³/mol. The fourth-order valence-electron chi connectivity index (χ4n) is 4.12. The highest BCUT2D eigenvalue weighted by Gasteiger charge is 2.08. The van der Waals surface area contributed by atoms with Crippen molar-refractivity contribution >= 4 is 5.97 Å². The Morgan fingerprint density at radius 2 is 1.32 bits per heavy atom. The number of nitrogens with zero attached hydrogens (tertiary/aromatic N) is 2. The molecule has 5 nitrogen and oxygen atoms in total. The van der Waals surface area contributed by atoms with Gasteiger partial charge in [0, 0.05) is 18.0 Å². The van der Waals surface area contributed by atoms with Gasteiger partial charge < -0.3 is 9.47 Å². The van der Waals surface area contributed by atoms with Crippen LogP contribution in [0.5, 0.6) is 5.75 Å². The molecule has 0 fully saturated rings. The van der Waals surface area contributed by atoms with Gasteiger partial charge in [0.2, 0.25) is 0 Å². The highest BCUT2D eigenvalue weighted by molar-refractivity contribution is 5.89. The molecule has 0 saturated carbocycles. The largest absolute Gasteiger partial charge is 0.489 e. The molecule has 198 valence electrons. The summed E-state index contributed by atoms with van der Waals surface area (Å²) in [6.07, 6.45) is 16.9. The van der Waals surface area contributed by atoms with Gasteiger partial charge in [0.05, 0.1) is 12.2 Å². The molecule has 0 saturated heterocycles. The highest BCUT2D eigenvalue weighted by Crippen LogP contribution is 2.21. The van der Waals surface area contributed by atoms with Crippen molar-refractivity contribution in [2.75, 3.05) is 6.61 Å². The van der Waals surface area contributed by atoms with Crippen LogP contribution in [-0.2, 0) is 17.8 Å². The second-order valence-corrected chi connectivity index (χ2v) is 9.64. The van der Waals surface area contributed by atoms with Gasteiger partial charge in [0.25, 0.3) is 0 Å². The van der Waals surface area contributed by atoms with Gasteiger partial charge in [-0.1, -0.05) is 77.3 Å². The van der Waals surface area contributed by atoms with Crippen LogP contribution >= 0.6 is 0 Å². The molecule has 0 unspecified atom stereocenters. The predicted octanol–water partition coefficient (Wildman–Crippen LogP) is 8.36. The van der Waals surface area contributed by atoms with Gasteiger partial charge in [0.1, 0.15) is 12.4 Å². The molecule has 0 N–H and O–H groups in total. The Bertz CT molecular complexity index is 1030. The summed E-state index contributed by atoms with van der Waals surface area (Å²) in [5, 5.41) is 0. The molecule has 0 radical (unpaired) electrons. The smallest absolute Gasteiger partial charge is 0.338 e. The molecular weight excluding hydrogens is 460 g/mol. The molecule has 5 heteroatoms. The molecule has 0 aliphatic rings. The Labute approximate surface area is 222 Å². The van der Waals surface area contributed by atoms with Gasteiger partial charge in [-0.05, 0) is 66.8 Å². The van der Waals surface area contributed by atoms with E-state index < -0.39 is 0 Å². The highest BCUT2D eigenvalue weighted by atomic mass is 16.5. The maximum atomic E-state index is 12.2. The first-order valence-corrected chi connectivity index (χ1v) is 14.0. The molecular formula is C32H42N2O3. The molecule has 0 bridgehead atoms. The van der Waals surface area contributed by atoms with Crippen molar-refractivity contribution in [1.82, 2.24) is 9.97 Å². The van der Waals surface area contributed by atoms with Crippen LogP contribution in [0.1, 0.15) is 99.5 Å². The van der Waals surface area contributed by atoms with E-state index in [1.165, 1.54) is 56.9 Å². The molecule has 3 rings (SSSR count). The van der Waals surface area contributed by atoms with Crippen LogP contribution in [0.3, 0.4) is 0 Å². The molecule has 2 aromatic carbocycles. The van der Waals surface area contributed by atoms with Crippen molar-refractivity contribution in [2.45, 2.75) is 91.1 Å². The molecule has 0 aliphatic heterocycles. The fraction of sp³-hybridized carbons (Fsp3) is 0.469. The van der Waals surface area contributed by atoms with E-state index in [-0.39, 0.29) is 5.97 Å². The summed E-state index contributed by atoms with van der Waals surface area (Å²) < 4.78 is 11.3. The van der Waals surface area contributed by atoms with E-state index in [4.69, 9.17) is 9.47 Å². The molecule has 37 heavy (non-hydrogen) atoms. The Morgan fingerprint density at radius 3 is 2.00 bits per heavy atom. The lowest BCUT2D eigenvalue weighted by molar-refractivity contribution is 0.0497. The first kappa shape index (κ1) is 28.4. The van der Waals surface area contributed by atoms with Gasteiger partial charge in [0.15, 0.2) is 5.82 Å². The number of ether oxygens (including phenoxy) is 2. The van der Waals surface area contributed by atoms with Gasteiger partial charge in [-0.25, -0.2) is 14.8 Å². The summed E-state index contributed by atoms with van der Waals surface area (Å²) in [4.78, 5) is 21.3. The minimum atomic E-state index is -0.261. The van der Waals surface area contributed by atoms with Gasteiger partial charge in [-0.3, -0.25) is 0 Å². The number of aromatic nitrogens is 2. The van der Waals surface area contributed by atoms with E-state index in [0.29, 0.717) is 18.8 Å². The Hall–Kier alpha value is -3.21. The van der Waals surface area contributed by atoms with Crippen LogP contribution in [0.2, 0.25) is 0 Å². The molecule has 0 spiro atoms. The summed E-state index contributed by atoms with van der Waals surface area (Å²) in [7, 11) is 0. The second-order valence-electron chi connectivity index (χ2n) is 9.64. The Morgan fingerprint density at radius 1 is 0.703 bits per heavy atom. The van der Waals surface area contributed by atoms with Crippen LogP contribution in [-0.4, -0.2) is 22.5 Å². The average molecular weight is 503 g/mol. The number of hydrogen-bond donors (Lipinski definition) is 0. The minimum Gasteiger partial charge on any atom is -0.489 e. The van der Waals surface area contributed by atoms with E-state index in [1.54, 1.807) is 12.1 Å². The standard InChI is InChI=1S/C32H42N2O3/c1-3-5-7-9-10-12-22-36-32(35)29-16-14-26(15-17-29)25-37-30-20-18-28(19-21-30)31-33-23-27(24-34-31)13-11-8-6-4-2/h14-21,23-24H,3-13,22,25H2,1-2H3. The lowest BCUT2D eigenvalue weighted by Gasteiger charge is -2.09. The van der Waals surface area contributed by atoms with E-state index in [1.807, 2.05) is 48.8 Å². The minimum absolute atomic E-state index is 0.261. The molecule has 0 atom stereocenters. The Balaban J connectivity index is 1.39. The zero-order chi connectivity index (χ0) is 26.1. The second kappa shape index (κ2) is 16.5.